The van der Waals surface area contributed by atoms with Crippen LogP contribution in [0.15, 0.2) is 12.3 Å². The lowest BCUT2D eigenvalue weighted by Crippen LogP contribution is -2.35. The molecule has 1 aliphatic rings. The Morgan fingerprint density at radius 2 is 2.19 bits per heavy atom. The van der Waals surface area contributed by atoms with Gasteiger partial charge in [-0.25, -0.2) is 9.97 Å². The summed E-state index contributed by atoms with van der Waals surface area (Å²) >= 11 is 1.58. The van der Waals surface area contributed by atoms with Crippen molar-refractivity contribution >= 4 is 28.2 Å². The van der Waals surface area contributed by atoms with Gasteiger partial charge in [-0.3, -0.25) is 4.90 Å². The molecule has 21 heavy (non-hydrogen) atoms. The summed E-state index contributed by atoms with van der Waals surface area (Å²) in [6, 6.07) is 1.92. The van der Waals surface area contributed by atoms with Crippen LogP contribution in [0.2, 0.25) is 0 Å². The van der Waals surface area contributed by atoms with Crippen LogP contribution in [0.5, 0.6) is 0 Å². The predicted octanol–water partition coefficient (Wildman–Crippen LogP) is 1.40. The van der Waals surface area contributed by atoms with Crippen LogP contribution in [0.1, 0.15) is 10.6 Å². The van der Waals surface area contributed by atoms with Crippen molar-refractivity contribution in [2.24, 2.45) is 0 Å². The Kier molecular flexibility index (Phi) is 4.28. The van der Waals surface area contributed by atoms with Crippen LogP contribution in [-0.2, 0) is 11.3 Å². The van der Waals surface area contributed by atoms with Crippen molar-refractivity contribution in [3.63, 3.8) is 0 Å². The number of morpholine rings is 1. The van der Waals surface area contributed by atoms with E-state index in [1.165, 1.54) is 0 Å². The number of aromatic nitrogens is 3. The van der Waals surface area contributed by atoms with Gasteiger partial charge in [-0.15, -0.1) is 11.3 Å². The zero-order chi connectivity index (χ0) is 14.7. The van der Waals surface area contributed by atoms with E-state index in [9.17, 15) is 0 Å². The second-order valence-corrected chi connectivity index (χ2v) is 6.13. The maximum absolute atomic E-state index is 5.80. The van der Waals surface area contributed by atoms with Crippen molar-refractivity contribution in [3.8, 4) is 0 Å². The number of hydrogen-bond donors (Lipinski definition) is 2. The van der Waals surface area contributed by atoms with E-state index in [1.54, 1.807) is 11.3 Å². The third kappa shape index (κ3) is 3.87. The van der Waals surface area contributed by atoms with Gasteiger partial charge in [0.05, 0.1) is 18.9 Å². The standard InChI is InChI=1S/C13H18N6OS/c1-9-7-15-13(21-9)18-11-6-10(16-12(14)17-11)8-19-2-4-20-5-3-19/h6-7H,2-5,8H2,1H3,(H3,14,15,16,17,18). The summed E-state index contributed by atoms with van der Waals surface area (Å²) in [6.07, 6.45) is 1.83. The van der Waals surface area contributed by atoms with Crippen LogP contribution in [0.3, 0.4) is 0 Å². The van der Waals surface area contributed by atoms with Crippen molar-refractivity contribution in [2.45, 2.75) is 13.5 Å². The third-order valence-corrected chi connectivity index (χ3v) is 3.97. The van der Waals surface area contributed by atoms with Gasteiger partial charge in [0.15, 0.2) is 5.13 Å². The number of aryl methyl sites for hydroxylation is 1. The molecular weight excluding hydrogens is 288 g/mol. The number of nitrogens with one attached hydrogen (secondary N) is 1. The Labute approximate surface area is 127 Å². The number of hydrogen-bond acceptors (Lipinski definition) is 8. The number of nitrogens with zero attached hydrogens (tertiary/aromatic N) is 4. The summed E-state index contributed by atoms with van der Waals surface area (Å²) in [5, 5.41) is 3.98. The van der Waals surface area contributed by atoms with E-state index in [0.29, 0.717) is 5.82 Å². The van der Waals surface area contributed by atoms with E-state index in [4.69, 9.17) is 10.5 Å². The molecule has 8 heteroatoms. The van der Waals surface area contributed by atoms with Gasteiger partial charge < -0.3 is 15.8 Å². The minimum absolute atomic E-state index is 0.275. The predicted molar refractivity (Wildman–Crippen MR) is 82.7 cm³/mol. The Bertz CT molecular complexity index is 610. The molecule has 0 radical (unpaired) electrons. The number of nitrogens with two attached hydrogens (primary N) is 1. The van der Waals surface area contributed by atoms with Gasteiger partial charge in [0.2, 0.25) is 5.95 Å². The Balaban J connectivity index is 1.72. The fourth-order valence-electron chi connectivity index (χ4n) is 2.17. The highest BCUT2D eigenvalue weighted by Gasteiger charge is 2.13. The summed E-state index contributed by atoms with van der Waals surface area (Å²) in [7, 11) is 0. The highest BCUT2D eigenvalue weighted by molar-refractivity contribution is 7.15. The summed E-state index contributed by atoms with van der Waals surface area (Å²) in [4.78, 5) is 16.2. The van der Waals surface area contributed by atoms with Crippen LogP contribution in [-0.4, -0.2) is 46.2 Å². The molecule has 3 rings (SSSR count). The lowest BCUT2D eigenvalue weighted by molar-refractivity contribution is 0.0336. The van der Waals surface area contributed by atoms with E-state index in [0.717, 1.165) is 48.6 Å². The maximum atomic E-state index is 5.80. The minimum atomic E-state index is 0.275. The van der Waals surface area contributed by atoms with Crippen LogP contribution >= 0.6 is 11.3 Å². The zero-order valence-electron chi connectivity index (χ0n) is 11.9. The van der Waals surface area contributed by atoms with Gasteiger partial charge in [-0.2, -0.15) is 4.98 Å². The summed E-state index contributed by atoms with van der Waals surface area (Å²) in [5.41, 5.74) is 6.70. The van der Waals surface area contributed by atoms with Crippen molar-refractivity contribution in [3.05, 3.63) is 22.8 Å². The molecule has 1 fully saturated rings. The number of rotatable bonds is 4. The Hall–Kier alpha value is -1.77. The van der Waals surface area contributed by atoms with E-state index in [-0.39, 0.29) is 5.95 Å². The monoisotopic (exact) mass is 306 g/mol. The highest BCUT2D eigenvalue weighted by atomic mass is 32.1. The zero-order valence-corrected chi connectivity index (χ0v) is 12.7. The summed E-state index contributed by atoms with van der Waals surface area (Å²) in [5.74, 6) is 0.955. The molecule has 3 N–H and O–H groups in total. The van der Waals surface area contributed by atoms with Gasteiger partial charge in [0.1, 0.15) is 5.82 Å². The first-order valence-corrected chi connectivity index (χ1v) is 7.64. The summed E-state index contributed by atoms with van der Waals surface area (Å²) in [6.45, 7) is 6.13. The van der Waals surface area contributed by atoms with Crippen LogP contribution in [0, 0.1) is 6.92 Å². The molecule has 1 aliphatic heterocycles. The first kappa shape index (κ1) is 14.2. The molecule has 0 aromatic carbocycles. The lowest BCUT2D eigenvalue weighted by atomic mass is 10.3. The first-order valence-electron chi connectivity index (χ1n) is 6.82. The van der Waals surface area contributed by atoms with Crippen molar-refractivity contribution in [1.29, 1.82) is 0 Å². The lowest BCUT2D eigenvalue weighted by Gasteiger charge is -2.26. The average molecular weight is 306 g/mol. The number of thiazole rings is 1. The maximum Gasteiger partial charge on any atom is 0.222 e. The molecule has 3 heterocycles. The molecule has 1 saturated heterocycles. The number of ether oxygens (including phenoxy) is 1. The second kappa shape index (κ2) is 6.33. The van der Waals surface area contributed by atoms with Crippen LogP contribution < -0.4 is 11.1 Å². The second-order valence-electron chi connectivity index (χ2n) is 4.89. The number of anilines is 3. The Morgan fingerprint density at radius 3 is 2.90 bits per heavy atom. The fourth-order valence-corrected chi connectivity index (χ4v) is 2.84. The van der Waals surface area contributed by atoms with Crippen LogP contribution in [0.25, 0.3) is 0 Å². The molecule has 2 aromatic rings. The van der Waals surface area contributed by atoms with Gasteiger partial charge in [0.25, 0.3) is 0 Å². The molecule has 0 aliphatic carbocycles. The molecule has 0 unspecified atom stereocenters. The average Bonchev–Trinajstić information content (AvgIpc) is 2.84. The topological polar surface area (TPSA) is 89.2 Å². The SMILES string of the molecule is Cc1cnc(Nc2cc(CN3CCOCC3)nc(N)n2)s1. The first-order chi connectivity index (χ1) is 10.2. The number of nitrogen functional groups attached to an aromatic ring is 1. The van der Waals surface area contributed by atoms with E-state index in [2.05, 4.69) is 25.2 Å². The van der Waals surface area contributed by atoms with Gasteiger partial charge in [0, 0.05) is 36.8 Å². The van der Waals surface area contributed by atoms with Crippen molar-refractivity contribution in [2.75, 3.05) is 37.4 Å². The smallest absolute Gasteiger partial charge is 0.222 e. The Morgan fingerprint density at radius 1 is 1.38 bits per heavy atom. The van der Waals surface area contributed by atoms with E-state index >= 15 is 0 Å². The van der Waals surface area contributed by atoms with Crippen molar-refractivity contribution in [1.82, 2.24) is 19.9 Å². The van der Waals surface area contributed by atoms with E-state index in [1.807, 2.05) is 19.2 Å². The van der Waals surface area contributed by atoms with Gasteiger partial charge in [-0.1, -0.05) is 0 Å². The third-order valence-electron chi connectivity index (χ3n) is 3.14. The minimum Gasteiger partial charge on any atom is -0.379 e. The fraction of sp³-hybridized carbons (Fsp3) is 0.462. The normalized spacial score (nSPS) is 16.0. The molecule has 7 nitrogen and oxygen atoms in total. The quantitative estimate of drug-likeness (QED) is 0.882. The molecular formula is C13H18N6OS. The van der Waals surface area contributed by atoms with Crippen molar-refractivity contribution < 1.29 is 4.74 Å². The van der Waals surface area contributed by atoms with E-state index < -0.39 is 0 Å². The molecule has 0 atom stereocenters. The molecule has 112 valence electrons. The molecule has 0 amide bonds. The molecule has 2 aromatic heterocycles. The molecule has 0 bridgehead atoms. The van der Waals surface area contributed by atoms with Gasteiger partial charge in [-0.05, 0) is 6.92 Å². The largest absolute Gasteiger partial charge is 0.379 e. The molecule has 0 spiro atoms. The van der Waals surface area contributed by atoms with Crippen LogP contribution in [0.4, 0.5) is 16.9 Å². The highest BCUT2D eigenvalue weighted by Crippen LogP contribution is 2.21. The summed E-state index contributed by atoms with van der Waals surface area (Å²) < 4.78 is 5.35. The van der Waals surface area contributed by atoms with Gasteiger partial charge >= 0.3 is 0 Å². The molecule has 0 saturated carbocycles.